The Morgan fingerprint density at radius 1 is 1.19 bits per heavy atom. The molecule has 0 fully saturated rings. The summed E-state index contributed by atoms with van der Waals surface area (Å²) < 4.78 is 11.6. The highest BCUT2D eigenvalue weighted by Crippen LogP contribution is 2.36. The molecule has 0 atom stereocenters. The largest absolute Gasteiger partial charge is 0.495 e. The van der Waals surface area contributed by atoms with E-state index in [9.17, 15) is 4.79 Å². The van der Waals surface area contributed by atoms with Gasteiger partial charge in [-0.1, -0.05) is 23.7 Å². The van der Waals surface area contributed by atoms with E-state index in [-0.39, 0.29) is 5.91 Å². The Labute approximate surface area is 160 Å². The standard InChI is InChI=1S/C19H19ClN2O3S/c1-24-15-11-14(16(25-2)10-12(15)20)21-18(23)8-5-9-19-22-13-6-3-4-7-17(13)26-19/h3-4,6-7,10-11H,5,8-9H2,1-2H3,(H,21,23). The highest BCUT2D eigenvalue weighted by atomic mass is 35.5. The van der Waals surface area contributed by atoms with E-state index >= 15 is 0 Å². The molecule has 1 heterocycles. The van der Waals surface area contributed by atoms with Gasteiger partial charge in [0.1, 0.15) is 11.5 Å². The van der Waals surface area contributed by atoms with Crippen LogP contribution >= 0.6 is 22.9 Å². The number of thiazole rings is 1. The van der Waals surface area contributed by atoms with Crippen molar-refractivity contribution in [3.05, 3.63) is 46.4 Å². The summed E-state index contributed by atoms with van der Waals surface area (Å²) >= 11 is 7.75. The third-order valence-corrected chi connectivity index (χ3v) is 5.27. The molecule has 7 heteroatoms. The summed E-state index contributed by atoms with van der Waals surface area (Å²) in [6.07, 6.45) is 1.89. The summed E-state index contributed by atoms with van der Waals surface area (Å²) in [5, 5.41) is 4.33. The molecule has 0 unspecified atom stereocenters. The SMILES string of the molecule is COc1cc(NC(=O)CCCc2nc3ccccc3s2)c(OC)cc1Cl. The zero-order valence-electron chi connectivity index (χ0n) is 14.5. The predicted octanol–water partition coefficient (Wildman–Crippen LogP) is 4.93. The number of rotatable bonds is 7. The number of nitrogens with zero attached hydrogens (tertiary/aromatic N) is 1. The van der Waals surface area contributed by atoms with Crippen LogP contribution in [0.3, 0.4) is 0 Å². The molecule has 0 saturated heterocycles. The summed E-state index contributed by atoms with van der Waals surface area (Å²) in [4.78, 5) is 16.9. The first kappa shape index (κ1) is 18.5. The van der Waals surface area contributed by atoms with E-state index in [0.29, 0.717) is 28.6 Å². The van der Waals surface area contributed by atoms with Crippen molar-refractivity contribution >= 4 is 44.7 Å². The molecule has 1 amide bonds. The molecule has 0 saturated carbocycles. The Bertz CT molecular complexity index is 893. The van der Waals surface area contributed by atoms with Crippen molar-refractivity contribution in [1.29, 1.82) is 0 Å². The van der Waals surface area contributed by atoms with E-state index in [0.717, 1.165) is 23.4 Å². The quantitative estimate of drug-likeness (QED) is 0.621. The van der Waals surface area contributed by atoms with Gasteiger partial charge in [-0.15, -0.1) is 11.3 Å². The average Bonchev–Trinajstić information content (AvgIpc) is 3.05. The van der Waals surface area contributed by atoms with Gasteiger partial charge in [-0.3, -0.25) is 4.79 Å². The number of ether oxygens (including phenoxy) is 2. The summed E-state index contributed by atoms with van der Waals surface area (Å²) in [5.41, 5.74) is 1.55. The molecule has 0 bridgehead atoms. The van der Waals surface area contributed by atoms with Crippen molar-refractivity contribution in [3.63, 3.8) is 0 Å². The average molecular weight is 391 g/mol. The van der Waals surface area contributed by atoms with Crippen LogP contribution in [0.4, 0.5) is 5.69 Å². The van der Waals surface area contributed by atoms with Gasteiger partial charge in [0.25, 0.3) is 0 Å². The van der Waals surface area contributed by atoms with Crippen molar-refractivity contribution in [2.24, 2.45) is 0 Å². The zero-order chi connectivity index (χ0) is 18.5. The molecule has 136 valence electrons. The number of hydrogen-bond acceptors (Lipinski definition) is 5. The van der Waals surface area contributed by atoms with E-state index in [1.165, 1.54) is 18.9 Å². The number of benzene rings is 2. The number of aryl methyl sites for hydroxylation is 1. The van der Waals surface area contributed by atoms with Crippen molar-refractivity contribution in [2.45, 2.75) is 19.3 Å². The molecular weight excluding hydrogens is 372 g/mol. The van der Waals surface area contributed by atoms with Crippen LogP contribution in [0.5, 0.6) is 11.5 Å². The monoisotopic (exact) mass is 390 g/mol. The van der Waals surface area contributed by atoms with E-state index < -0.39 is 0 Å². The lowest BCUT2D eigenvalue weighted by Crippen LogP contribution is -2.12. The van der Waals surface area contributed by atoms with Crippen LogP contribution in [-0.2, 0) is 11.2 Å². The van der Waals surface area contributed by atoms with Crippen LogP contribution < -0.4 is 14.8 Å². The Morgan fingerprint density at radius 3 is 2.69 bits per heavy atom. The number of halogens is 1. The summed E-state index contributed by atoms with van der Waals surface area (Å²) in [6.45, 7) is 0. The number of carbonyl (C=O) groups excluding carboxylic acids is 1. The lowest BCUT2D eigenvalue weighted by molar-refractivity contribution is -0.116. The van der Waals surface area contributed by atoms with E-state index in [2.05, 4.69) is 16.4 Å². The molecule has 3 rings (SSSR count). The Balaban J connectivity index is 1.58. The van der Waals surface area contributed by atoms with Crippen LogP contribution in [0.25, 0.3) is 10.2 Å². The number of fused-ring (bicyclic) bond motifs is 1. The van der Waals surface area contributed by atoms with Crippen molar-refractivity contribution in [2.75, 3.05) is 19.5 Å². The van der Waals surface area contributed by atoms with Crippen molar-refractivity contribution < 1.29 is 14.3 Å². The number of para-hydroxylation sites is 1. The number of nitrogens with one attached hydrogen (secondary N) is 1. The molecule has 0 radical (unpaired) electrons. The Kier molecular flexibility index (Phi) is 5.96. The fraction of sp³-hybridized carbons (Fsp3) is 0.263. The molecule has 1 N–H and O–H groups in total. The second kappa shape index (κ2) is 8.38. The van der Waals surface area contributed by atoms with Gasteiger partial charge >= 0.3 is 0 Å². The lowest BCUT2D eigenvalue weighted by Gasteiger charge is -2.13. The maximum atomic E-state index is 12.3. The number of amides is 1. The highest BCUT2D eigenvalue weighted by molar-refractivity contribution is 7.18. The van der Waals surface area contributed by atoms with Crippen LogP contribution in [-0.4, -0.2) is 25.1 Å². The van der Waals surface area contributed by atoms with Gasteiger partial charge in [0, 0.05) is 18.6 Å². The minimum absolute atomic E-state index is 0.0891. The third-order valence-electron chi connectivity index (χ3n) is 3.88. The van der Waals surface area contributed by atoms with Crippen LogP contribution in [0.15, 0.2) is 36.4 Å². The second-order valence-corrected chi connectivity index (χ2v) is 7.19. The van der Waals surface area contributed by atoms with Crippen LogP contribution in [0.1, 0.15) is 17.8 Å². The van der Waals surface area contributed by atoms with Gasteiger partial charge in [0.2, 0.25) is 5.91 Å². The number of anilines is 1. The number of methoxy groups -OCH3 is 2. The van der Waals surface area contributed by atoms with Gasteiger partial charge in [-0.2, -0.15) is 0 Å². The van der Waals surface area contributed by atoms with Crippen LogP contribution in [0, 0.1) is 0 Å². The molecule has 0 aliphatic rings. The van der Waals surface area contributed by atoms with Gasteiger partial charge in [-0.05, 0) is 25.0 Å². The number of carbonyl (C=O) groups is 1. The first-order valence-corrected chi connectivity index (χ1v) is 9.36. The molecule has 5 nitrogen and oxygen atoms in total. The molecule has 0 aliphatic carbocycles. The minimum atomic E-state index is -0.0891. The smallest absolute Gasteiger partial charge is 0.224 e. The normalized spacial score (nSPS) is 10.7. The molecule has 0 spiro atoms. The molecule has 1 aromatic heterocycles. The number of hydrogen-bond donors (Lipinski definition) is 1. The first-order valence-electron chi connectivity index (χ1n) is 8.16. The van der Waals surface area contributed by atoms with Gasteiger partial charge in [0.05, 0.1) is 40.2 Å². The first-order chi connectivity index (χ1) is 12.6. The third kappa shape index (κ3) is 4.26. The molecule has 2 aromatic carbocycles. The van der Waals surface area contributed by atoms with E-state index in [1.807, 2.05) is 18.2 Å². The highest BCUT2D eigenvalue weighted by Gasteiger charge is 2.13. The predicted molar refractivity (Wildman–Crippen MR) is 106 cm³/mol. The Hall–Kier alpha value is -2.31. The van der Waals surface area contributed by atoms with Gasteiger partial charge in [-0.25, -0.2) is 4.98 Å². The summed E-state index contributed by atoms with van der Waals surface area (Å²) in [6, 6.07) is 11.3. The molecule has 26 heavy (non-hydrogen) atoms. The fourth-order valence-electron chi connectivity index (χ4n) is 2.60. The minimum Gasteiger partial charge on any atom is -0.495 e. The van der Waals surface area contributed by atoms with E-state index in [1.54, 1.807) is 23.5 Å². The summed E-state index contributed by atoms with van der Waals surface area (Å²) in [7, 11) is 3.05. The maximum absolute atomic E-state index is 12.3. The van der Waals surface area contributed by atoms with Crippen molar-refractivity contribution in [1.82, 2.24) is 4.98 Å². The van der Waals surface area contributed by atoms with Crippen molar-refractivity contribution in [3.8, 4) is 11.5 Å². The van der Waals surface area contributed by atoms with Gasteiger partial charge in [0.15, 0.2) is 0 Å². The Morgan fingerprint density at radius 2 is 1.96 bits per heavy atom. The van der Waals surface area contributed by atoms with Gasteiger partial charge < -0.3 is 14.8 Å². The molecule has 3 aromatic rings. The maximum Gasteiger partial charge on any atom is 0.224 e. The second-order valence-electron chi connectivity index (χ2n) is 5.66. The lowest BCUT2D eigenvalue weighted by atomic mass is 10.2. The topological polar surface area (TPSA) is 60.5 Å². The summed E-state index contributed by atoms with van der Waals surface area (Å²) in [5.74, 6) is 0.890. The molecular formula is C19H19ClN2O3S. The zero-order valence-corrected chi connectivity index (χ0v) is 16.1. The number of aromatic nitrogens is 1. The van der Waals surface area contributed by atoms with E-state index in [4.69, 9.17) is 21.1 Å². The van der Waals surface area contributed by atoms with Crippen LogP contribution in [0.2, 0.25) is 5.02 Å². The molecule has 0 aliphatic heterocycles. The fourth-order valence-corrected chi connectivity index (χ4v) is 3.84.